The molecule has 0 aliphatic carbocycles. The van der Waals surface area contributed by atoms with Crippen molar-refractivity contribution in [1.82, 2.24) is 9.97 Å². The van der Waals surface area contributed by atoms with Crippen molar-refractivity contribution < 1.29 is 18.7 Å². The lowest BCUT2D eigenvalue weighted by atomic mass is 9.99. The molecule has 1 atom stereocenters. The van der Waals surface area contributed by atoms with Gasteiger partial charge in [0.05, 0.1) is 23.4 Å². The molecule has 0 spiro atoms. The van der Waals surface area contributed by atoms with Gasteiger partial charge < -0.3 is 10.1 Å². The van der Waals surface area contributed by atoms with Crippen LogP contribution in [0.15, 0.2) is 54.1 Å². The van der Waals surface area contributed by atoms with Crippen LogP contribution >= 0.6 is 12.4 Å². The Balaban J connectivity index is 0.00000196. The maximum Gasteiger partial charge on any atom is 0.293 e. The minimum atomic E-state index is -1.04. The largest absolute Gasteiger partial charge is 0.503 e. The molecule has 2 heterocycles. The number of aliphatic hydroxyl groups is 1. The minimum absolute atomic E-state index is 0. The van der Waals surface area contributed by atoms with Crippen molar-refractivity contribution in [3.05, 3.63) is 71.3 Å². The maximum absolute atomic E-state index is 14.3. The summed E-state index contributed by atoms with van der Waals surface area (Å²) in [7, 11) is 0. The van der Waals surface area contributed by atoms with Gasteiger partial charge in [-0.2, -0.15) is 0 Å². The predicted octanol–water partition coefficient (Wildman–Crippen LogP) is 4.18. The molecule has 0 saturated carbocycles. The van der Waals surface area contributed by atoms with Crippen molar-refractivity contribution in [2.24, 2.45) is 0 Å². The first-order chi connectivity index (χ1) is 12.0. The van der Waals surface area contributed by atoms with Crippen molar-refractivity contribution in [2.45, 2.75) is 13.0 Å². The van der Waals surface area contributed by atoms with Crippen molar-refractivity contribution in [3.8, 4) is 0 Å². The molecule has 1 aliphatic rings. The van der Waals surface area contributed by atoms with Gasteiger partial charge in [0.15, 0.2) is 17.4 Å². The SMILES string of the molecule is CC1=C(O)C(=O)N(c2ccc3[nH]cnc3c2)C1c1cccc(F)c1F.Cl. The number of fused-ring (bicyclic) bond motifs is 1. The fraction of sp³-hybridized carbons (Fsp3) is 0.111. The zero-order valence-electron chi connectivity index (χ0n) is 13.5. The summed E-state index contributed by atoms with van der Waals surface area (Å²) in [5, 5.41) is 10.1. The number of imidazole rings is 1. The number of amides is 1. The topological polar surface area (TPSA) is 69.2 Å². The maximum atomic E-state index is 14.3. The van der Waals surface area contributed by atoms with Crippen LogP contribution < -0.4 is 4.90 Å². The van der Waals surface area contributed by atoms with Crippen molar-refractivity contribution in [3.63, 3.8) is 0 Å². The average Bonchev–Trinajstić information content (AvgIpc) is 3.15. The highest BCUT2D eigenvalue weighted by atomic mass is 35.5. The van der Waals surface area contributed by atoms with Crippen molar-refractivity contribution >= 4 is 35.0 Å². The summed E-state index contributed by atoms with van der Waals surface area (Å²) in [6.45, 7) is 1.52. The number of halogens is 3. The van der Waals surface area contributed by atoms with Gasteiger partial charge in [-0.15, -0.1) is 12.4 Å². The Bertz CT molecular complexity index is 1050. The van der Waals surface area contributed by atoms with Gasteiger partial charge in [0, 0.05) is 16.8 Å². The van der Waals surface area contributed by atoms with E-state index in [9.17, 15) is 18.7 Å². The Morgan fingerprint density at radius 1 is 1.23 bits per heavy atom. The van der Waals surface area contributed by atoms with E-state index in [0.29, 0.717) is 11.2 Å². The fourth-order valence-electron chi connectivity index (χ4n) is 3.16. The molecule has 1 aliphatic heterocycles. The smallest absolute Gasteiger partial charge is 0.293 e. The number of nitrogens with one attached hydrogen (secondary N) is 1. The summed E-state index contributed by atoms with van der Waals surface area (Å²) in [6.07, 6.45) is 1.52. The normalized spacial score (nSPS) is 17.1. The van der Waals surface area contributed by atoms with Crippen LogP contribution in [0.5, 0.6) is 0 Å². The second-order valence-corrected chi connectivity index (χ2v) is 5.86. The van der Waals surface area contributed by atoms with E-state index < -0.39 is 29.3 Å². The third-order valence-electron chi connectivity index (χ3n) is 4.42. The Morgan fingerprint density at radius 2 is 2.00 bits per heavy atom. The van der Waals surface area contributed by atoms with E-state index >= 15 is 0 Å². The van der Waals surface area contributed by atoms with Gasteiger partial charge in [0.1, 0.15) is 0 Å². The monoisotopic (exact) mass is 377 g/mol. The van der Waals surface area contributed by atoms with Gasteiger partial charge in [0.2, 0.25) is 0 Å². The molecule has 1 amide bonds. The van der Waals surface area contributed by atoms with Crippen LogP contribution in [0.2, 0.25) is 0 Å². The van der Waals surface area contributed by atoms with Gasteiger partial charge in [-0.05, 0) is 31.2 Å². The molecule has 4 rings (SSSR count). The number of nitrogens with zero attached hydrogens (tertiary/aromatic N) is 2. The highest BCUT2D eigenvalue weighted by molar-refractivity contribution is 6.09. The van der Waals surface area contributed by atoms with Crippen molar-refractivity contribution in [2.75, 3.05) is 4.90 Å². The average molecular weight is 378 g/mol. The summed E-state index contributed by atoms with van der Waals surface area (Å²) in [4.78, 5) is 20.9. The predicted molar refractivity (Wildman–Crippen MR) is 95.3 cm³/mol. The standard InChI is InChI=1S/C18H13F2N3O2.ClH/c1-9-16(11-3-2-4-12(19)15(11)20)23(18(25)17(9)24)10-5-6-13-14(7-10)22-8-21-13;/h2-8,16,24H,1H3,(H,21,22);1H. The Morgan fingerprint density at radius 3 is 2.77 bits per heavy atom. The first kappa shape index (κ1) is 17.9. The van der Waals surface area contributed by atoms with Crippen LogP contribution in [-0.4, -0.2) is 21.0 Å². The second kappa shape index (κ2) is 6.42. The molecule has 3 aromatic rings. The van der Waals surface area contributed by atoms with E-state index in [1.807, 2.05) is 0 Å². The number of H-pyrrole nitrogens is 1. The summed E-state index contributed by atoms with van der Waals surface area (Å²) in [6, 6.07) is 7.89. The zero-order valence-corrected chi connectivity index (χ0v) is 14.3. The summed E-state index contributed by atoms with van der Waals surface area (Å²) < 4.78 is 28.0. The second-order valence-electron chi connectivity index (χ2n) is 5.86. The number of carbonyl (C=O) groups is 1. The molecule has 134 valence electrons. The van der Waals surface area contributed by atoms with Gasteiger partial charge in [-0.25, -0.2) is 13.8 Å². The number of carbonyl (C=O) groups excluding carboxylic acids is 1. The first-order valence-electron chi connectivity index (χ1n) is 7.59. The lowest BCUT2D eigenvalue weighted by Gasteiger charge is -2.26. The van der Waals surface area contributed by atoms with Gasteiger partial charge >= 0.3 is 0 Å². The van der Waals surface area contributed by atoms with E-state index in [1.54, 1.807) is 18.2 Å². The molecule has 2 N–H and O–H groups in total. The molecular formula is C18H14ClF2N3O2. The van der Waals surface area contributed by atoms with Crippen LogP contribution in [0.1, 0.15) is 18.5 Å². The van der Waals surface area contributed by atoms with Crippen LogP contribution in [-0.2, 0) is 4.79 Å². The van der Waals surface area contributed by atoms with Crippen LogP contribution in [0, 0.1) is 11.6 Å². The molecule has 1 unspecified atom stereocenters. The highest BCUT2D eigenvalue weighted by Crippen LogP contribution is 2.41. The number of aromatic amines is 1. The molecule has 26 heavy (non-hydrogen) atoms. The molecule has 0 bridgehead atoms. The van der Waals surface area contributed by atoms with E-state index in [1.165, 1.54) is 30.3 Å². The number of hydrogen-bond acceptors (Lipinski definition) is 3. The number of anilines is 1. The summed E-state index contributed by atoms with van der Waals surface area (Å²) in [5.74, 6) is -3.18. The van der Waals surface area contributed by atoms with Crippen LogP contribution in [0.4, 0.5) is 14.5 Å². The molecule has 5 nitrogen and oxygen atoms in total. The number of hydrogen-bond donors (Lipinski definition) is 2. The number of aromatic nitrogens is 2. The van der Waals surface area contributed by atoms with Crippen molar-refractivity contribution in [1.29, 1.82) is 0 Å². The Labute approximate surface area is 153 Å². The first-order valence-corrected chi connectivity index (χ1v) is 7.59. The molecular weight excluding hydrogens is 364 g/mol. The third kappa shape index (κ3) is 2.52. The number of benzene rings is 2. The minimum Gasteiger partial charge on any atom is -0.503 e. The highest BCUT2D eigenvalue weighted by Gasteiger charge is 2.40. The van der Waals surface area contributed by atoms with E-state index in [2.05, 4.69) is 9.97 Å². The Kier molecular flexibility index (Phi) is 4.41. The quantitative estimate of drug-likeness (QED) is 0.703. The van der Waals surface area contributed by atoms with Crippen LogP contribution in [0.3, 0.4) is 0 Å². The summed E-state index contributed by atoms with van der Waals surface area (Å²) >= 11 is 0. The lowest BCUT2D eigenvalue weighted by Crippen LogP contribution is -2.30. The van der Waals surface area contributed by atoms with Gasteiger partial charge in [-0.3, -0.25) is 9.69 Å². The lowest BCUT2D eigenvalue weighted by molar-refractivity contribution is -0.117. The molecule has 8 heteroatoms. The Hall–Kier alpha value is -2.93. The zero-order chi connectivity index (χ0) is 17.7. The van der Waals surface area contributed by atoms with E-state index in [0.717, 1.165) is 11.6 Å². The van der Waals surface area contributed by atoms with E-state index in [4.69, 9.17) is 0 Å². The van der Waals surface area contributed by atoms with Gasteiger partial charge in [0.25, 0.3) is 5.91 Å². The summed E-state index contributed by atoms with van der Waals surface area (Å²) in [5.41, 5.74) is 2.07. The fourth-order valence-corrected chi connectivity index (χ4v) is 3.16. The number of rotatable bonds is 2. The van der Waals surface area contributed by atoms with E-state index in [-0.39, 0.29) is 23.5 Å². The molecule has 1 aromatic heterocycles. The van der Waals surface area contributed by atoms with Gasteiger partial charge in [-0.1, -0.05) is 12.1 Å². The molecule has 0 fully saturated rings. The molecule has 2 aromatic carbocycles. The third-order valence-corrected chi connectivity index (χ3v) is 4.42. The molecule has 0 saturated heterocycles. The van der Waals surface area contributed by atoms with Crippen LogP contribution in [0.25, 0.3) is 11.0 Å². The molecule has 0 radical (unpaired) electrons. The number of aliphatic hydroxyl groups excluding tert-OH is 1.